The molecular weight excluding hydrogens is 531 g/mol. The van der Waals surface area contributed by atoms with Gasteiger partial charge in [0.15, 0.2) is 17.5 Å². The molecule has 1 unspecified atom stereocenters. The van der Waals surface area contributed by atoms with Gasteiger partial charge in [0.25, 0.3) is 0 Å². The molecule has 0 bridgehead atoms. The average molecular weight is 569 g/mol. The first-order valence-corrected chi connectivity index (χ1v) is 11.2. The Morgan fingerprint density at radius 3 is 2.42 bits per heavy atom. The number of guanidine groups is 1. The molecule has 8 heteroatoms. The molecule has 1 atom stereocenters. The number of morpholine rings is 1. The van der Waals surface area contributed by atoms with Crippen LogP contribution >= 0.6 is 24.0 Å². The van der Waals surface area contributed by atoms with Crippen LogP contribution in [0.1, 0.15) is 17.2 Å². The largest absolute Gasteiger partial charge is 0.493 e. The van der Waals surface area contributed by atoms with E-state index in [0.29, 0.717) is 0 Å². The summed E-state index contributed by atoms with van der Waals surface area (Å²) in [6.45, 7) is 5.07. The van der Waals surface area contributed by atoms with Crippen molar-refractivity contribution in [1.29, 1.82) is 0 Å². The molecule has 2 aromatic carbocycles. The highest BCUT2D eigenvalue weighted by molar-refractivity contribution is 14.0. The molecule has 1 aliphatic heterocycles. The molecule has 0 radical (unpaired) electrons. The Kier molecular flexibility index (Phi) is 11.8. The van der Waals surface area contributed by atoms with Gasteiger partial charge in [-0.25, -0.2) is 0 Å². The van der Waals surface area contributed by atoms with Crippen molar-refractivity contribution in [2.75, 3.05) is 67.7 Å². The summed E-state index contributed by atoms with van der Waals surface area (Å²) in [7, 11) is 7.22. The molecule has 1 fully saturated rings. The minimum Gasteiger partial charge on any atom is -0.493 e. The smallest absolute Gasteiger partial charge is 0.193 e. The molecule has 182 valence electrons. The molecule has 0 aromatic heterocycles. The minimum absolute atomic E-state index is 0. The van der Waals surface area contributed by atoms with E-state index in [1.54, 1.807) is 14.2 Å². The Bertz CT molecular complexity index is 860. The van der Waals surface area contributed by atoms with Crippen LogP contribution in [0.15, 0.2) is 53.5 Å². The van der Waals surface area contributed by atoms with Gasteiger partial charge in [-0.05, 0) is 29.7 Å². The highest BCUT2D eigenvalue weighted by Crippen LogP contribution is 2.27. The summed E-state index contributed by atoms with van der Waals surface area (Å²) in [5.74, 6) is 2.39. The lowest BCUT2D eigenvalue weighted by Crippen LogP contribution is -2.47. The van der Waals surface area contributed by atoms with E-state index in [4.69, 9.17) is 14.2 Å². The maximum atomic E-state index is 5.56. The van der Waals surface area contributed by atoms with Crippen LogP contribution in [-0.4, -0.2) is 83.5 Å². The van der Waals surface area contributed by atoms with Gasteiger partial charge in [-0.3, -0.25) is 9.89 Å². The first-order chi connectivity index (χ1) is 15.7. The summed E-state index contributed by atoms with van der Waals surface area (Å²) in [6, 6.07) is 17.0. The van der Waals surface area contributed by atoms with Gasteiger partial charge in [-0.1, -0.05) is 36.4 Å². The van der Waals surface area contributed by atoms with Crippen molar-refractivity contribution in [3.8, 4) is 11.5 Å². The van der Waals surface area contributed by atoms with Crippen molar-refractivity contribution in [2.45, 2.75) is 12.5 Å². The topological polar surface area (TPSA) is 58.6 Å². The van der Waals surface area contributed by atoms with Crippen LogP contribution < -0.4 is 14.8 Å². The van der Waals surface area contributed by atoms with Gasteiger partial charge >= 0.3 is 0 Å². The van der Waals surface area contributed by atoms with Crippen molar-refractivity contribution in [3.05, 3.63) is 59.7 Å². The van der Waals surface area contributed by atoms with Crippen LogP contribution in [-0.2, 0) is 11.2 Å². The molecule has 1 N–H and O–H groups in total. The standard InChI is InChI=1S/C25H36N4O3.HI/c1-26-25(28(2)13-12-20-10-11-23(30-3)24(18-20)31-4)27-19-22(21-8-6-5-7-9-21)29-14-16-32-17-15-29;/h5-11,18,22H,12-17,19H2,1-4H3,(H,26,27);1H. The van der Waals surface area contributed by atoms with E-state index in [2.05, 4.69) is 63.6 Å². The zero-order chi connectivity index (χ0) is 22.8. The molecule has 1 aliphatic rings. The molecule has 1 saturated heterocycles. The van der Waals surface area contributed by atoms with Crippen LogP contribution in [0.5, 0.6) is 11.5 Å². The van der Waals surface area contributed by atoms with Gasteiger partial charge in [0.1, 0.15) is 0 Å². The zero-order valence-electron chi connectivity index (χ0n) is 20.1. The molecule has 2 aromatic rings. The zero-order valence-corrected chi connectivity index (χ0v) is 22.5. The third kappa shape index (κ3) is 7.75. The Balaban J connectivity index is 0.00000385. The number of methoxy groups -OCH3 is 2. The van der Waals surface area contributed by atoms with E-state index in [-0.39, 0.29) is 30.0 Å². The normalized spacial score (nSPS) is 15.3. The Morgan fingerprint density at radius 1 is 1.09 bits per heavy atom. The fraction of sp³-hybridized carbons (Fsp3) is 0.480. The maximum Gasteiger partial charge on any atom is 0.193 e. The number of nitrogens with zero attached hydrogens (tertiary/aromatic N) is 3. The molecule has 1 heterocycles. The summed E-state index contributed by atoms with van der Waals surface area (Å²) >= 11 is 0. The van der Waals surface area contributed by atoms with Gasteiger partial charge in [-0.2, -0.15) is 0 Å². The van der Waals surface area contributed by atoms with Crippen LogP contribution in [0.2, 0.25) is 0 Å². The number of nitrogens with one attached hydrogen (secondary N) is 1. The Labute approximate surface area is 215 Å². The van der Waals surface area contributed by atoms with Gasteiger partial charge in [0, 0.05) is 40.3 Å². The average Bonchev–Trinajstić information content (AvgIpc) is 2.86. The van der Waals surface area contributed by atoms with Gasteiger partial charge in [-0.15, -0.1) is 24.0 Å². The number of hydrogen-bond donors (Lipinski definition) is 1. The predicted molar refractivity (Wildman–Crippen MR) is 144 cm³/mol. The van der Waals surface area contributed by atoms with Gasteiger partial charge in [0.05, 0.1) is 33.5 Å². The summed E-state index contributed by atoms with van der Waals surface area (Å²) in [6.07, 6.45) is 0.878. The number of aliphatic imine (C=N–C) groups is 1. The molecule has 3 rings (SSSR count). The van der Waals surface area contributed by atoms with Crippen molar-refractivity contribution < 1.29 is 14.2 Å². The monoisotopic (exact) mass is 568 g/mol. The number of hydrogen-bond acceptors (Lipinski definition) is 5. The van der Waals surface area contributed by atoms with E-state index in [1.807, 2.05) is 19.2 Å². The Hall–Kier alpha value is -2.04. The number of likely N-dealkylation sites (N-methyl/N-ethyl adjacent to an activating group) is 1. The molecule has 33 heavy (non-hydrogen) atoms. The first kappa shape index (κ1) is 27.2. The van der Waals surface area contributed by atoms with Crippen LogP contribution in [0.3, 0.4) is 0 Å². The molecule has 0 saturated carbocycles. The van der Waals surface area contributed by atoms with Crippen LogP contribution in [0.4, 0.5) is 0 Å². The number of rotatable bonds is 9. The van der Waals surface area contributed by atoms with Gasteiger partial charge < -0.3 is 24.4 Å². The first-order valence-electron chi connectivity index (χ1n) is 11.2. The predicted octanol–water partition coefficient (Wildman–Crippen LogP) is 3.45. The highest BCUT2D eigenvalue weighted by atomic mass is 127. The molecule has 7 nitrogen and oxygen atoms in total. The molecular formula is C25H37IN4O3. The third-order valence-corrected chi connectivity index (χ3v) is 5.88. The van der Waals surface area contributed by atoms with E-state index in [1.165, 1.54) is 11.1 Å². The van der Waals surface area contributed by atoms with E-state index in [9.17, 15) is 0 Å². The minimum atomic E-state index is 0. The second-order valence-corrected chi connectivity index (χ2v) is 7.86. The summed E-state index contributed by atoms with van der Waals surface area (Å²) < 4.78 is 16.3. The third-order valence-electron chi connectivity index (χ3n) is 5.88. The van der Waals surface area contributed by atoms with Crippen molar-refractivity contribution in [2.24, 2.45) is 4.99 Å². The lowest BCUT2D eigenvalue weighted by atomic mass is 10.0. The van der Waals surface area contributed by atoms with Crippen LogP contribution in [0, 0.1) is 0 Å². The molecule has 0 amide bonds. The summed E-state index contributed by atoms with van der Waals surface area (Å²) in [5.41, 5.74) is 2.51. The highest BCUT2D eigenvalue weighted by Gasteiger charge is 2.23. The SMILES string of the molecule is CN=C(NCC(c1ccccc1)N1CCOCC1)N(C)CCc1ccc(OC)c(OC)c1.I. The Morgan fingerprint density at radius 2 is 1.79 bits per heavy atom. The second-order valence-electron chi connectivity index (χ2n) is 7.86. The number of ether oxygens (including phenoxy) is 3. The quantitative estimate of drug-likeness (QED) is 0.284. The number of halogens is 1. The van der Waals surface area contributed by atoms with Gasteiger partial charge in [0.2, 0.25) is 0 Å². The lowest BCUT2D eigenvalue weighted by molar-refractivity contribution is 0.0169. The van der Waals surface area contributed by atoms with E-state index < -0.39 is 0 Å². The van der Waals surface area contributed by atoms with Crippen molar-refractivity contribution in [3.63, 3.8) is 0 Å². The second kappa shape index (κ2) is 14.3. The molecule has 0 spiro atoms. The maximum absolute atomic E-state index is 5.56. The number of benzene rings is 2. The fourth-order valence-electron chi connectivity index (χ4n) is 4.03. The summed E-state index contributed by atoms with van der Waals surface area (Å²) in [5, 5.41) is 3.59. The lowest BCUT2D eigenvalue weighted by Gasteiger charge is -2.35. The fourth-order valence-corrected chi connectivity index (χ4v) is 4.03. The van der Waals surface area contributed by atoms with Crippen molar-refractivity contribution in [1.82, 2.24) is 15.1 Å². The van der Waals surface area contributed by atoms with E-state index >= 15 is 0 Å². The summed E-state index contributed by atoms with van der Waals surface area (Å²) in [4.78, 5) is 9.17. The van der Waals surface area contributed by atoms with Crippen LogP contribution in [0.25, 0.3) is 0 Å². The van der Waals surface area contributed by atoms with Crippen molar-refractivity contribution >= 4 is 29.9 Å². The van der Waals surface area contributed by atoms with E-state index in [0.717, 1.165) is 63.3 Å². The molecule has 0 aliphatic carbocycles.